The Labute approximate surface area is 199 Å². The first kappa shape index (κ1) is 27.0. The predicted octanol–water partition coefficient (Wildman–Crippen LogP) is 5.23. The first-order chi connectivity index (χ1) is 16.7. The molecule has 7 nitrogen and oxygen atoms in total. The third-order valence-corrected chi connectivity index (χ3v) is 5.28. The van der Waals surface area contributed by atoms with Gasteiger partial charge in [0.15, 0.2) is 5.76 Å². The fraction of sp³-hybridized carbons (Fsp3) is 0.409. The molecule has 14 heteroatoms. The second-order valence-electron chi connectivity index (χ2n) is 7.77. The summed E-state index contributed by atoms with van der Waals surface area (Å²) in [5, 5.41) is 5.97. The third-order valence-electron chi connectivity index (χ3n) is 5.28. The Morgan fingerprint density at radius 1 is 1.06 bits per heavy atom. The highest BCUT2D eigenvalue weighted by Gasteiger charge is 2.76. The van der Waals surface area contributed by atoms with Crippen LogP contribution >= 0.6 is 0 Å². The molecule has 2 aromatic rings. The minimum Gasteiger partial charge on any atom is -0.494 e. The molecule has 0 aliphatic heterocycles. The number of carbonyl (C=O) groups excluding carboxylic acids is 2. The SMILES string of the molecule is CCOc1ccc(NC(=O)c2oc3c(c2C)/C(=N/NC(=O)C(F)(F)C(F)(F)C(F)(F)F)CCC3)cc1. The molecule has 0 saturated heterocycles. The van der Waals surface area contributed by atoms with E-state index in [1.54, 1.807) is 24.3 Å². The Morgan fingerprint density at radius 2 is 1.69 bits per heavy atom. The molecule has 0 bridgehead atoms. The number of nitrogens with zero attached hydrogens (tertiary/aromatic N) is 1. The number of furan rings is 1. The van der Waals surface area contributed by atoms with Crippen molar-refractivity contribution in [3.63, 3.8) is 0 Å². The van der Waals surface area contributed by atoms with Crippen LogP contribution in [0.25, 0.3) is 0 Å². The Bertz CT molecular complexity index is 1170. The van der Waals surface area contributed by atoms with Gasteiger partial charge in [-0.25, -0.2) is 5.43 Å². The maximum Gasteiger partial charge on any atom is 0.460 e. The van der Waals surface area contributed by atoms with E-state index in [4.69, 9.17) is 9.15 Å². The summed E-state index contributed by atoms with van der Waals surface area (Å²) < 4.78 is 101. The molecule has 0 fully saturated rings. The van der Waals surface area contributed by atoms with E-state index in [9.17, 15) is 40.3 Å². The van der Waals surface area contributed by atoms with Crippen LogP contribution in [0.5, 0.6) is 5.75 Å². The van der Waals surface area contributed by atoms with Gasteiger partial charge >= 0.3 is 23.9 Å². The number of carbonyl (C=O) groups is 2. The molecule has 0 radical (unpaired) electrons. The van der Waals surface area contributed by atoms with E-state index in [-0.39, 0.29) is 34.8 Å². The molecule has 1 aromatic carbocycles. The minimum absolute atomic E-state index is 0.0504. The van der Waals surface area contributed by atoms with Gasteiger partial charge in [-0.15, -0.1) is 0 Å². The number of halogens is 7. The zero-order chi connectivity index (χ0) is 26.9. The fourth-order valence-corrected chi connectivity index (χ4v) is 3.49. The second-order valence-corrected chi connectivity index (χ2v) is 7.77. The van der Waals surface area contributed by atoms with Gasteiger partial charge in [-0.2, -0.15) is 35.8 Å². The van der Waals surface area contributed by atoms with Crippen molar-refractivity contribution in [2.24, 2.45) is 5.10 Å². The molecule has 0 saturated carbocycles. The van der Waals surface area contributed by atoms with E-state index in [0.29, 0.717) is 30.9 Å². The lowest BCUT2D eigenvalue weighted by Gasteiger charge is -2.26. The molecule has 1 heterocycles. The number of fused-ring (bicyclic) bond motifs is 1. The Balaban J connectivity index is 1.81. The minimum atomic E-state index is -6.66. The molecule has 3 rings (SSSR count). The van der Waals surface area contributed by atoms with Crippen molar-refractivity contribution in [3.8, 4) is 5.75 Å². The molecule has 0 spiro atoms. The zero-order valence-corrected chi connectivity index (χ0v) is 18.9. The van der Waals surface area contributed by atoms with Crippen LogP contribution < -0.4 is 15.5 Å². The number of aryl methyl sites for hydroxylation is 1. The number of hydrogen-bond acceptors (Lipinski definition) is 5. The summed E-state index contributed by atoms with van der Waals surface area (Å²) in [6.07, 6.45) is -5.98. The van der Waals surface area contributed by atoms with Crippen LogP contribution in [0.2, 0.25) is 0 Å². The normalized spacial score (nSPS) is 15.4. The fourth-order valence-electron chi connectivity index (χ4n) is 3.49. The van der Waals surface area contributed by atoms with Gasteiger partial charge in [0, 0.05) is 23.2 Å². The zero-order valence-electron chi connectivity index (χ0n) is 18.9. The summed E-state index contributed by atoms with van der Waals surface area (Å²) in [7, 11) is 0. The number of rotatable bonds is 7. The van der Waals surface area contributed by atoms with Crippen molar-refractivity contribution in [3.05, 3.63) is 46.9 Å². The smallest absolute Gasteiger partial charge is 0.460 e. The molecule has 0 atom stereocenters. The summed E-state index contributed by atoms with van der Waals surface area (Å²) in [5.74, 6) is -15.7. The number of ether oxygens (including phenoxy) is 1. The first-order valence-corrected chi connectivity index (χ1v) is 10.6. The number of amides is 2. The van der Waals surface area contributed by atoms with Crippen molar-refractivity contribution in [2.45, 2.75) is 51.1 Å². The third kappa shape index (κ3) is 5.02. The van der Waals surface area contributed by atoms with Gasteiger partial charge in [0.2, 0.25) is 0 Å². The van der Waals surface area contributed by atoms with Crippen molar-refractivity contribution >= 4 is 23.2 Å². The van der Waals surface area contributed by atoms with Gasteiger partial charge in [0.05, 0.1) is 12.3 Å². The lowest BCUT2D eigenvalue weighted by atomic mass is 9.93. The Hall–Kier alpha value is -3.58. The highest BCUT2D eigenvalue weighted by Crippen LogP contribution is 2.46. The number of nitrogens with one attached hydrogen (secondary N) is 2. The molecule has 36 heavy (non-hydrogen) atoms. The second kappa shape index (κ2) is 9.82. The van der Waals surface area contributed by atoms with E-state index in [1.807, 2.05) is 6.92 Å². The maximum atomic E-state index is 13.6. The molecule has 0 unspecified atom stereocenters. The number of hydrazone groups is 1. The van der Waals surface area contributed by atoms with Crippen molar-refractivity contribution in [1.82, 2.24) is 5.43 Å². The molecular formula is C22H20F7N3O4. The van der Waals surface area contributed by atoms with E-state index < -0.39 is 29.8 Å². The molecule has 1 aliphatic rings. The van der Waals surface area contributed by atoms with Crippen molar-refractivity contribution in [1.29, 1.82) is 0 Å². The van der Waals surface area contributed by atoms with Gasteiger partial charge < -0.3 is 14.5 Å². The monoisotopic (exact) mass is 523 g/mol. The average Bonchev–Trinajstić information content (AvgIpc) is 3.15. The summed E-state index contributed by atoms with van der Waals surface area (Å²) >= 11 is 0. The number of alkyl halides is 7. The van der Waals surface area contributed by atoms with E-state index >= 15 is 0 Å². The van der Waals surface area contributed by atoms with Crippen LogP contribution in [0.4, 0.5) is 36.4 Å². The molecule has 1 aliphatic carbocycles. The van der Waals surface area contributed by atoms with Gasteiger partial charge in [-0.3, -0.25) is 9.59 Å². The molecule has 1 aromatic heterocycles. The van der Waals surface area contributed by atoms with Crippen LogP contribution in [-0.4, -0.2) is 42.2 Å². The van der Waals surface area contributed by atoms with Crippen molar-refractivity contribution < 1.29 is 49.5 Å². The van der Waals surface area contributed by atoms with Crippen LogP contribution in [-0.2, 0) is 11.2 Å². The lowest BCUT2D eigenvalue weighted by molar-refractivity contribution is -0.344. The van der Waals surface area contributed by atoms with Crippen LogP contribution in [0.1, 0.15) is 47.2 Å². The molecule has 2 N–H and O–H groups in total. The van der Waals surface area contributed by atoms with E-state index in [0.717, 1.165) is 5.43 Å². The van der Waals surface area contributed by atoms with Crippen molar-refractivity contribution in [2.75, 3.05) is 11.9 Å². The Morgan fingerprint density at radius 3 is 2.28 bits per heavy atom. The number of benzene rings is 1. The van der Waals surface area contributed by atoms with Gasteiger partial charge in [-0.1, -0.05) is 0 Å². The van der Waals surface area contributed by atoms with E-state index in [2.05, 4.69) is 10.4 Å². The highest BCUT2D eigenvalue weighted by molar-refractivity contribution is 6.09. The topological polar surface area (TPSA) is 92.9 Å². The predicted molar refractivity (Wildman–Crippen MR) is 113 cm³/mol. The summed E-state index contributed by atoms with van der Waals surface area (Å²) in [6, 6.07) is 6.43. The molecular weight excluding hydrogens is 503 g/mol. The largest absolute Gasteiger partial charge is 0.494 e. The molecule has 2 amide bonds. The maximum absolute atomic E-state index is 13.6. The first-order valence-electron chi connectivity index (χ1n) is 10.6. The average molecular weight is 523 g/mol. The quantitative estimate of drug-likeness (QED) is 0.384. The van der Waals surface area contributed by atoms with Crippen LogP contribution in [0.3, 0.4) is 0 Å². The van der Waals surface area contributed by atoms with E-state index in [1.165, 1.54) is 6.92 Å². The lowest BCUT2D eigenvalue weighted by Crippen LogP contribution is -2.58. The molecule has 196 valence electrons. The number of hydrogen-bond donors (Lipinski definition) is 2. The van der Waals surface area contributed by atoms with Crippen LogP contribution in [0.15, 0.2) is 33.8 Å². The standard InChI is InChI=1S/C22H20F7N3O4/c1-3-35-13-9-7-12(8-10-13)30-18(33)17-11(2)16-14(5-4-6-15(16)36-17)31-32-19(34)20(23,24)21(25,26)22(27,28)29/h7-10H,3-6H2,1-2H3,(H,30,33)(H,32,34)/b31-14+. The summed E-state index contributed by atoms with van der Waals surface area (Å²) in [6.45, 7) is 3.71. The summed E-state index contributed by atoms with van der Waals surface area (Å²) in [5.41, 5.74) is 1.78. The van der Waals surface area contributed by atoms with Gasteiger partial charge in [-0.05, 0) is 51.0 Å². The Kier molecular flexibility index (Phi) is 7.37. The van der Waals surface area contributed by atoms with Gasteiger partial charge in [0.1, 0.15) is 11.5 Å². The summed E-state index contributed by atoms with van der Waals surface area (Å²) in [4.78, 5) is 24.3. The van der Waals surface area contributed by atoms with Gasteiger partial charge in [0.25, 0.3) is 5.91 Å². The number of anilines is 1. The van der Waals surface area contributed by atoms with Crippen LogP contribution in [0, 0.1) is 6.92 Å². The highest BCUT2D eigenvalue weighted by atomic mass is 19.4.